The molecule has 1 aromatic rings. The van der Waals surface area contributed by atoms with Gasteiger partial charge in [0.2, 0.25) is 11.8 Å². The van der Waals surface area contributed by atoms with Crippen molar-refractivity contribution in [2.75, 3.05) is 25.6 Å². The average Bonchev–Trinajstić information content (AvgIpc) is 2.37. The molecule has 19 heavy (non-hydrogen) atoms. The van der Waals surface area contributed by atoms with Gasteiger partial charge in [-0.3, -0.25) is 9.59 Å². The van der Waals surface area contributed by atoms with Crippen LogP contribution in [0.2, 0.25) is 0 Å². The second-order valence-electron chi connectivity index (χ2n) is 3.93. The fourth-order valence-corrected chi connectivity index (χ4v) is 1.39. The third kappa shape index (κ3) is 6.52. The van der Waals surface area contributed by atoms with Crippen molar-refractivity contribution in [1.29, 1.82) is 0 Å². The Labute approximate surface area is 111 Å². The highest BCUT2D eigenvalue weighted by Gasteiger charge is 2.09. The molecule has 6 heteroatoms. The molecule has 0 radical (unpaired) electrons. The van der Waals surface area contributed by atoms with Gasteiger partial charge in [0.05, 0.1) is 0 Å². The molecule has 0 saturated carbocycles. The van der Waals surface area contributed by atoms with E-state index >= 15 is 0 Å². The second-order valence-corrected chi connectivity index (χ2v) is 3.93. The summed E-state index contributed by atoms with van der Waals surface area (Å²) in [7, 11) is 1.58. The van der Waals surface area contributed by atoms with E-state index in [-0.39, 0.29) is 18.1 Å². The number of rotatable bonds is 7. The van der Waals surface area contributed by atoms with Gasteiger partial charge in [-0.25, -0.2) is 4.39 Å². The van der Waals surface area contributed by atoms with Gasteiger partial charge in [-0.2, -0.15) is 0 Å². The summed E-state index contributed by atoms with van der Waals surface area (Å²) < 4.78 is 17.5. The van der Waals surface area contributed by atoms with E-state index in [1.54, 1.807) is 7.11 Å². The number of carbonyl (C=O) groups excluding carboxylic acids is 2. The maximum Gasteiger partial charge on any atom is 0.233 e. The molecule has 5 nitrogen and oxygen atoms in total. The molecule has 0 unspecified atom stereocenters. The standard InChI is InChI=1S/C13H17FN2O3/c1-19-8-2-7-15-12(17)9-13(18)16-11-5-3-10(14)4-6-11/h3-6H,2,7-9H2,1H3,(H,15,17)(H,16,18). The zero-order chi connectivity index (χ0) is 14.1. The van der Waals surface area contributed by atoms with Crippen molar-refractivity contribution in [3.63, 3.8) is 0 Å². The smallest absolute Gasteiger partial charge is 0.233 e. The van der Waals surface area contributed by atoms with Crippen molar-refractivity contribution >= 4 is 17.5 Å². The SMILES string of the molecule is COCCCNC(=O)CC(=O)Nc1ccc(F)cc1. The van der Waals surface area contributed by atoms with E-state index < -0.39 is 5.91 Å². The third-order valence-electron chi connectivity index (χ3n) is 2.30. The lowest BCUT2D eigenvalue weighted by atomic mass is 10.3. The van der Waals surface area contributed by atoms with E-state index in [0.29, 0.717) is 25.3 Å². The van der Waals surface area contributed by atoms with Crippen LogP contribution in [0.1, 0.15) is 12.8 Å². The molecule has 0 fully saturated rings. The van der Waals surface area contributed by atoms with Crippen LogP contribution in [0.25, 0.3) is 0 Å². The highest BCUT2D eigenvalue weighted by molar-refractivity contribution is 6.03. The molecular formula is C13H17FN2O3. The molecule has 2 amide bonds. The second kappa shape index (κ2) is 8.20. The lowest BCUT2D eigenvalue weighted by molar-refractivity contribution is -0.126. The molecule has 0 spiro atoms. The van der Waals surface area contributed by atoms with Gasteiger partial charge >= 0.3 is 0 Å². The summed E-state index contributed by atoms with van der Waals surface area (Å²) in [5.74, 6) is -1.17. The fraction of sp³-hybridized carbons (Fsp3) is 0.385. The first-order valence-corrected chi connectivity index (χ1v) is 5.93. The Hall–Kier alpha value is -1.95. The van der Waals surface area contributed by atoms with Gasteiger partial charge in [0.15, 0.2) is 0 Å². The molecule has 1 rings (SSSR count). The van der Waals surface area contributed by atoms with Crippen LogP contribution in [-0.4, -0.2) is 32.1 Å². The lowest BCUT2D eigenvalue weighted by Gasteiger charge is -2.06. The Bertz CT molecular complexity index is 420. The number of hydrogen-bond donors (Lipinski definition) is 2. The van der Waals surface area contributed by atoms with Crippen LogP contribution in [0.15, 0.2) is 24.3 Å². The number of methoxy groups -OCH3 is 1. The summed E-state index contributed by atoms with van der Waals surface area (Å²) >= 11 is 0. The van der Waals surface area contributed by atoms with E-state index in [2.05, 4.69) is 10.6 Å². The van der Waals surface area contributed by atoms with E-state index in [4.69, 9.17) is 4.74 Å². The fourth-order valence-electron chi connectivity index (χ4n) is 1.39. The van der Waals surface area contributed by atoms with E-state index in [1.807, 2.05) is 0 Å². The van der Waals surface area contributed by atoms with Gasteiger partial charge in [-0.05, 0) is 30.7 Å². The van der Waals surface area contributed by atoms with E-state index in [1.165, 1.54) is 24.3 Å². The molecule has 0 aromatic heterocycles. The Morgan fingerprint density at radius 2 is 1.89 bits per heavy atom. The monoisotopic (exact) mass is 268 g/mol. The number of carbonyl (C=O) groups is 2. The first-order valence-electron chi connectivity index (χ1n) is 5.93. The predicted octanol–water partition coefficient (Wildman–Crippen LogP) is 1.31. The Balaban J connectivity index is 2.26. The molecule has 104 valence electrons. The molecule has 0 atom stereocenters. The van der Waals surface area contributed by atoms with Gasteiger partial charge in [-0.15, -0.1) is 0 Å². The summed E-state index contributed by atoms with van der Waals surface area (Å²) in [5.41, 5.74) is 0.457. The molecule has 0 aliphatic heterocycles. The number of halogens is 1. The quantitative estimate of drug-likeness (QED) is 0.578. The molecule has 1 aromatic carbocycles. The zero-order valence-electron chi connectivity index (χ0n) is 10.7. The Morgan fingerprint density at radius 1 is 1.21 bits per heavy atom. The molecule has 0 bridgehead atoms. The van der Waals surface area contributed by atoms with Crippen molar-refractivity contribution < 1.29 is 18.7 Å². The van der Waals surface area contributed by atoms with Gasteiger partial charge in [-0.1, -0.05) is 0 Å². The Kier molecular flexibility index (Phi) is 6.52. The maximum absolute atomic E-state index is 12.6. The lowest BCUT2D eigenvalue weighted by Crippen LogP contribution is -2.29. The van der Waals surface area contributed by atoms with E-state index in [9.17, 15) is 14.0 Å². The molecule has 0 aliphatic rings. The largest absolute Gasteiger partial charge is 0.385 e. The molecule has 0 heterocycles. The number of benzene rings is 1. The molecule has 0 saturated heterocycles. The van der Waals surface area contributed by atoms with Crippen molar-refractivity contribution in [2.24, 2.45) is 0 Å². The summed E-state index contributed by atoms with van der Waals surface area (Å²) in [4.78, 5) is 22.9. The topological polar surface area (TPSA) is 67.4 Å². The number of hydrogen-bond acceptors (Lipinski definition) is 3. The number of anilines is 1. The highest BCUT2D eigenvalue weighted by atomic mass is 19.1. The first-order chi connectivity index (χ1) is 9.11. The maximum atomic E-state index is 12.6. The zero-order valence-corrected chi connectivity index (χ0v) is 10.7. The summed E-state index contributed by atoms with van der Waals surface area (Å²) in [5, 5.41) is 5.11. The molecule has 2 N–H and O–H groups in total. The average molecular weight is 268 g/mol. The van der Waals surface area contributed by atoms with Crippen LogP contribution < -0.4 is 10.6 Å². The van der Waals surface area contributed by atoms with Crippen LogP contribution >= 0.6 is 0 Å². The molecule has 0 aliphatic carbocycles. The number of nitrogens with one attached hydrogen (secondary N) is 2. The van der Waals surface area contributed by atoms with Gasteiger partial charge in [0, 0.05) is 25.9 Å². The van der Waals surface area contributed by atoms with Crippen LogP contribution in [0.3, 0.4) is 0 Å². The summed E-state index contributed by atoms with van der Waals surface area (Å²) in [6.07, 6.45) is 0.437. The number of ether oxygens (including phenoxy) is 1. The van der Waals surface area contributed by atoms with Gasteiger partial charge in [0.25, 0.3) is 0 Å². The highest BCUT2D eigenvalue weighted by Crippen LogP contribution is 2.08. The number of amides is 2. The predicted molar refractivity (Wildman–Crippen MR) is 69.1 cm³/mol. The summed E-state index contributed by atoms with van der Waals surface area (Å²) in [6, 6.07) is 5.34. The van der Waals surface area contributed by atoms with Crippen molar-refractivity contribution in [3.8, 4) is 0 Å². The van der Waals surface area contributed by atoms with Crippen LogP contribution in [0.5, 0.6) is 0 Å². The molecular weight excluding hydrogens is 251 g/mol. The normalized spacial score (nSPS) is 10.0. The summed E-state index contributed by atoms with van der Waals surface area (Å²) in [6.45, 7) is 1.03. The minimum absolute atomic E-state index is 0.260. The Morgan fingerprint density at radius 3 is 2.53 bits per heavy atom. The van der Waals surface area contributed by atoms with Crippen LogP contribution in [0, 0.1) is 5.82 Å². The van der Waals surface area contributed by atoms with Crippen LogP contribution in [-0.2, 0) is 14.3 Å². The van der Waals surface area contributed by atoms with E-state index in [0.717, 1.165) is 0 Å². The first kappa shape index (κ1) is 15.1. The van der Waals surface area contributed by atoms with Crippen molar-refractivity contribution in [2.45, 2.75) is 12.8 Å². The van der Waals surface area contributed by atoms with Crippen LogP contribution in [0.4, 0.5) is 10.1 Å². The van der Waals surface area contributed by atoms with Crippen molar-refractivity contribution in [3.05, 3.63) is 30.1 Å². The van der Waals surface area contributed by atoms with Gasteiger partial charge < -0.3 is 15.4 Å². The third-order valence-corrected chi connectivity index (χ3v) is 2.30. The van der Waals surface area contributed by atoms with Crippen molar-refractivity contribution in [1.82, 2.24) is 5.32 Å². The van der Waals surface area contributed by atoms with Gasteiger partial charge in [0.1, 0.15) is 12.2 Å². The minimum atomic E-state index is -0.434. The minimum Gasteiger partial charge on any atom is -0.385 e.